The molecular formula is C15H25N3O. The van der Waals surface area contributed by atoms with Gasteiger partial charge in [-0.3, -0.25) is 0 Å². The van der Waals surface area contributed by atoms with E-state index in [1.807, 2.05) is 38.1 Å². The maximum Gasteiger partial charge on any atom is 0.225 e. The molecule has 1 aliphatic rings. The van der Waals surface area contributed by atoms with Crippen molar-refractivity contribution in [1.29, 1.82) is 0 Å². The van der Waals surface area contributed by atoms with Crippen LogP contribution in [0.15, 0.2) is 12.3 Å². The topological polar surface area (TPSA) is 49.2 Å². The Hall–Kier alpha value is -1.16. The average molecular weight is 263 g/mol. The fourth-order valence-electron chi connectivity index (χ4n) is 2.54. The number of aromatic nitrogens is 2. The second-order valence-electron chi connectivity index (χ2n) is 6.25. The smallest absolute Gasteiger partial charge is 0.225 e. The minimum Gasteiger partial charge on any atom is -0.390 e. The number of nitrogens with zero attached hydrogens (tertiary/aromatic N) is 3. The van der Waals surface area contributed by atoms with Crippen molar-refractivity contribution in [3.05, 3.63) is 18.0 Å². The maximum absolute atomic E-state index is 9.77. The van der Waals surface area contributed by atoms with Crippen molar-refractivity contribution in [2.45, 2.75) is 57.5 Å². The van der Waals surface area contributed by atoms with Crippen LogP contribution in [0.3, 0.4) is 0 Å². The molecule has 0 bridgehead atoms. The molecule has 19 heavy (non-hydrogen) atoms. The first-order valence-electron chi connectivity index (χ1n) is 7.22. The summed E-state index contributed by atoms with van der Waals surface area (Å²) < 4.78 is 0. The van der Waals surface area contributed by atoms with E-state index in [0.29, 0.717) is 12.3 Å². The minimum absolute atomic E-state index is 0.615. The Morgan fingerprint density at radius 2 is 2.05 bits per heavy atom. The van der Waals surface area contributed by atoms with Gasteiger partial charge in [0, 0.05) is 31.4 Å². The lowest BCUT2D eigenvalue weighted by Gasteiger charge is -2.23. The first-order chi connectivity index (χ1) is 8.96. The number of anilines is 1. The average Bonchev–Trinajstić information content (AvgIpc) is 2.89. The number of hydrogen-bond donors (Lipinski definition) is 1. The van der Waals surface area contributed by atoms with Crippen LogP contribution in [-0.4, -0.2) is 34.3 Å². The molecule has 1 fully saturated rings. The van der Waals surface area contributed by atoms with E-state index in [2.05, 4.69) is 9.97 Å². The quantitative estimate of drug-likeness (QED) is 0.887. The molecule has 0 atom stereocenters. The molecule has 0 saturated heterocycles. The lowest BCUT2D eigenvalue weighted by atomic mass is 10.0. The van der Waals surface area contributed by atoms with Gasteiger partial charge in [-0.25, -0.2) is 9.97 Å². The molecule has 1 heterocycles. The van der Waals surface area contributed by atoms with Gasteiger partial charge in [0.05, 0.1) is 5.60 Å². The molecule has 1 aromatic rings. The Bertz CT molecular complexity index is 408. The van der Waals surface area contributed by atoms with Gasteiger partial charge in [0.1, 0.15) is 0 Å². The van der Waals surface area contributed by atoms with Gasteiger partial charge in [0.25, 0.3) is 0 Å². The Kier molecular flexibility index (Phi) is 4.40. The third kappa shape index (κ3) is 4.16. The highest BCUT2D eigenvalue weighted by molar-refractivity contribution is 5.29. The SMILES string of the molecule is CN(CCC(C)(C)O)c1nccc(C2CCCC2)n1. The summed E-state index contributed by atoms with van der Waals surface area (Å²) in [6.45, 7) is 4.42. The van der Waals surface area contributed by atoms with Gasteiger partial charge in [-0.05, 0) is 39.2 Å². The molecule has 4 heteroatoms. The number of aliphatic hydroxyl groups is 1. The van der Waals surface area contributed by atoms with Crippen LogP contribution in [0.1, 0.15) is 57.6 Å². The first-order valence-corrected chi connectivity index (χ1v) is 7.22. The van der Waals surface area contributed by atoms with E-state index in [1.54, 1.807) is 0 Å². The normalized spacial score (nSPS) is 16.8. The van der Waals surface area contributed by atoms with Crippen molar-refractivity contribution in [2.24, 2.45) is 0 Å². The van der Waals surface area contributed by atoms with E-state index >= 15 is 0 Å². The van der Waals surface area contributed by atoms with E-state index < -0.39 is 5.60 Å². The highest BCUT2D eigenvalue weighted by atomic mass is 16.3. The van der Waals surface area contributed by atoms with Crippen LogP contribution in [0.2, 0.25) is 0 Å². The van der Waals surface area contributed by atoms with Crippen molar-refractivity contribution >= 4 is 5.95 Å². The van der Waals surface area contributed by atoms with Crippen molar-refractivity contribution in [1.82, 2.24) is 9.97 Å². The Balaban J connectivity index is 2.01. The second-order valence-corrected chi connectivity index (χ2v) is 6.25. The molecule has 2 rings (SSSR count). The summed E-state index contributed by atoms with van der Waals surface area (Å²) in [5.41, 5.74) is 0.537. The van der Waals surface area contributed by atoms with E-state index in [0.717, 1.165) is 12.5 Å². The molecule has 0 aliphatic heterocycles. The third-order valence-corrected chi connectivity index (χ3v) is 3.84. The minimum atomic E-state index is -0.642. The van der Waals surface area contributed by atoms with E-state index in [-0.39, 0.29) is 0 Å². The van der Waals surface area contributed by atoms with Gasteiger partial charge in [-0.15, -0.1) is 0 Å². The van der Waals surface area contributed by atoms with Gasteiger partial charge >= 0.3 is 0 Å². The predicted octanol–water partition coefficient (Wildman–Crippen LogP) is 2.73. The molecule has 0 spiro atoms. The van der Waals surface area contributed by atoms with Crippen LogP contribution in [0.5, 0.6) is 0 Å². The molecule has 4 nitrogen and oxygen atoms in total. The van der Waals surface area contributed by atoms with Crippen LogP contribution in [-0.2, 0) is 0 Å². The van der Waals surface area contributed by atoms with E-state index in [9.17, 15) is 5.11 Å². The van der Waals surface area contributed by atoms with Crippen molar-refractivity contribution in [3.8, 4) is 0 Å². The summed E-state index contributed by atoms with van der Waals surface area (Å²) in [7, 11) is 1.99. The molecule has 1 saturated carbocycles. The fourth-order valence-corrected chi connectivity index (χ4v) is 2.54. The van der Waals surface area contributed by atoms with Crippen LogP contribution in [0, 0.1) is 0 Å². The zero-order valence-corrected chi connectivity index (χ0v) is 12.3. The van der Waals surface area contributed by atoms with Crippen molar-refractivity contribution in [3.63, 3.8) is 0 Å². The summed E-state index contributed by atoms with van der Waals surface area (Å²) in [4.78, 5) is 11.1. The van der Waals surface area contributed by atoms with Gasteiger partial charge in [0.2, 0.25) is 5.95 Å². The molecule has 1 aliphatic carbocycles. The Labute approximate surface area is 115 Å². The second kappa shape index (κ2) is 5.87. The van der Waals surface area contributed by atoms with Gasteiger partial charge < -0.3 is 10.0 Å². The molecule has 0 unspecified atom stereocenters. The Morgan fingerprint density at radius 1 is 1.37 bits per heavy atom. The van der Waals surface area contributed by atoms with Crippen LogP contribution in [0.25, 0.3) is 0 Å². The molecule has 0 aromatic carbocycles. The van der Waals surface area contributed by atoms with E-state index in [1.165, 1.54) is 31.4 Å². The molecule has 0 radical (unpaired) electrons. The highest BCUT2D eigenvalue weighted by Gasteiger charge is 2.20. The molecule has 0 amide bonds. The fraction of sp³-hybridized carbons (Fsp3) is 0.733. The van der Waals surface area contributed by atoms with Gasteiger partial charge in [-0.2, -0.15) is 0 Å². The summed E-state index contributed by atoms with van der Waals surface area (Å²) in [6, 6.07) is 2.04. The number of hydrogen-bond acceptors (Lipinski definition) is 4. The maximum atomic E-state index is 9.77. The zero-order chi connectivity index (χ0) is 13.9. The first kappa shape index (κ1) is 14.3. The predicted molar refractivity (Wildman–Crippen MR) is 77.4 cm³/mol. The Morgan fingerprint density at radius 3 is 2.68 bits per heavy atom. The molecule has 1 N–H and O–H groups in total. The monoisotopic (exact) mass is 263 g/mol. The number of rotatable bonds is 5. The van der Waals surface area contributed by atoms with E-state index in [4.69, 9.17) is 0 Å². The summed E-state index contributed by atoms with van der Waals surface area (Å²) in [5.74, 6) is 1.39. The summed E-state index contributed by atoms with van der Waals surface area (Å²) >= 11 is 0. The molecule has 1 aromatic heterocycles. The highest BCUT2D eigenvalue weighted by Crippen LogP contribution is 2.33. The van der Waals surface area contributed by atoms with Crippen LogP contribution < -0.4 is 4.90 Å². The standard InChI is InChI=1S/C15H25N3O/c1-15(2,19)9-11-18(3)14-16-10-8-13(17-14)12-6-4-5-7-12/h8,10,12,19H,4-7,9,11H2,1-3H3. The van der Waals surface area contributed by atoms with Crippen LogP contribution in [0.4, 0.5) is 5.95 Å². The summed E-state index contributed by atoms with van der Waals surface area (Å²) in [5, 5.41) is 9.77. The van der Waals surface area contributed by atoms with Crippen molar-refractivity contribution < 1.29 is 5.11 Å². The third-order valence-electron chi connectivity index (χ3n) is 3.84. The largest absolute Gasteiger partial charge is 0.390 e. The van der Waals surface area contributed by atoms with Crippen molar-refractivity contribution in [2.75, 3.05) is 18.5 Å². The molecular weight excluding hydrogens is 238 g/mol. The lowest BCUT2D eigenvalue weighted by molar-refractivity contribution is 0.0733. The molecule has 106 valence electrons. The summed E-state index contributed by atoms with van der Waals surface area (Å²) in [6.07, 6.45) is 7.71. The van der Waals surface area contributed by atoms with Crippen LogP contribution >= 0.6 is 0 Å². The lowest BCUT2D eigenvalue weighted by Crippen LogP contribution is -2.29. The van der Waals surface area contributed by atoms with Gasteiger partial charge in [-0.1, -0.05) is 12.8 Å². The zero-order valence-electron chi connectivity index (χ0n) is 12.3. The van der Waals surface area contributed by atoms with Gasteiger partial charge in [0.15, 0.2) is 0 Å².